The lowest BCUT2D eigenvalue weighted by Crippen LogP contribution is -3.00. The number of halogens is 4. The maximum Gasteiger partial charge on any atom is 0.569 e. The van der Waals surface area contributed by atoms with Gasteiger partial charge in [-0.1, -0.05) is 96.0 Å². The number of furan rings is 2. The van der Waals surface area contributed by atoms with Gasteiger partial charge in [0, 0.05) is 41.6 Å². The SMILES string of the molecule is COC(=O)c1ccc(Cl)cc1Br.Cc1ccc(Cl)cc1-c1cccc2c1oc1ccccc12.O=C=O.O[B]Oc1cccc2c1oc1ccccc12.[I-]. The number of aryl methyl sites for hydroxylation is 1. The molecule has 0 aliphatic carbocycles. The largest absolute Gasteiger partial charge is 1.00 e. The molecule has 0 saturated carbocycles. The van der Waals surface area contributed by atoms with E-state index in [1.165, 1.54) is 12.7 Å². The van der Waals surface area contributed by atoms with Crippen LogP contribution >= 0.6 is 39.1 Å². The van der Waals surface area contributed by atoms with Crippen molar-refractivity contribution in [3.8, 4) is 16.9 Å². The highest BCUT2D eigenvalue weighted by molar-refractivity contribution is 9.10. The molecule has 8 nitrogen and oxygen atoms in total. The summed E-state index contributed by atoms with van der Waals surface area (Å²) in [4.78, 5) is 27.3. The highest BCUT2D eigenvalue weighted by Crippen LogP contribution is 2.38. The van der Waals surface area contributed by atoms with Crippen molar-refractivity contribution in [3.63, 3.8) is 0 Å². The third-order valence-corrected chi connectivity index (χ3v) is 8.90. The summed E-state index contributed by atoms with van der Waals surface area (Å²) in [7, 11) is 1.99. The first-order valence-corrected chi connectivity index (χ1v) is 17.0. The van der Waals surface area contributed by atoms with Gasteiger partial charge in [0.2, 0.25) is 0 Å². The first kappa shape index (κ1) is 41.1. The topological polar surface area (TPSA) is 116 Å². The Morgan fingerprint density at radius 2 is 1.25 bits per heavy atom. The predicted molar refractivity (Wildman–Crippen MR) is 207 cm³/mol. The van der Waals surface area contributed by atoms with Crippen LogP contribution in [0.3, 0.4) is 0 Å². The molecule has 6 aromatic carbocycles. The average molecular weight is 924 g/mol. The fraction of sp³-hybridized carbons (Fsp3) is 0.0500. The Morgan fingerprint density at radius 3 is 1.85 bits per heavy atom. The Kier molecular flexibility index (Phi) is 15.1. The molecule has 0 amide bonds. The minimum atomic E-state index is -0.376. The third-order valence-electron chi connectivity index (χ3n) is 7.78. The van der Waals surface area contributed by atoms with Crippen LogP contribution in [0.15, 0.2) is 135 Å². The second-order valence-corrected chi connectivity index (χ2v) is 12.6. The molecule has 13 heteroatoms. The number of methoxy groups -OCH3 is 1. The number of hydrogen-bond donors (Lipinski definition) is 1. The molecule has 0 atom stereocenters. The fourth-order valence-corrected chi connectivity index (χ4v) is 6.50. The van der Waals surface area contributed by atoms with E-state index >= 15 is 0 Å². The number of carbonyl (C=O) groups is 1. The summed E-state index contributed by atoms with van der Waals surface area (Å²) in [5.74, 6) is 0.134. The van der Waals surface area contributed by atoms with Gasteiger partial charge >= 0.3 is 19.8 Å². The lowest BCUT2D eigenvalue weighted by Gasteiger charge is -2.07. The van der Waals surface area contributed by atoms with Gasteiger partial charge in [-0.3, -0.25) is 0 Å². The van der Waals surface area contributed by atoms with Gasteiger partial charge in [0.05, 0.1) is 12.7 Å². The van der Waals surface area contributed by atoms with E-state index in [1.807, 2.05) is 72.8 Å². The maximum atomic E-state index is 11.1. The van der Waals surface area contributed by atoms with Crippen LogP contribution in [0.1, 0.15) is 15.9 Å². The molecular formula is C40H27BBrCl2IO8-. The third kappa shape index (κ3) is 9.69. The number of para-hydroxylation sites is 4. The summed E-state index contributed by atoms with van der Waals surface area (Å²) in [5, 5.41) is 14.3. The molecule has 8 aromatic rings. The Hall–Kier alpha value is -4.62. The minimum absolute atomic E-state index is 0. The Labute approximate surface area is 340 Å². The van der Waals surface area contributed by atoms with Crippen molar-refractivity contribution in [3.05, 3.63) is 147 Å². The quantitative estimate of drug-likeness (QED) is 0.107. The molecule has 267 valence electrons. The second kappa shape index (κ2) is 19.5. The molecule has 0 fully saturated rings. The Morgan fingerprint density at radius 1 is 0.717 bits per heavy atom. The molecule has 0 spiro atoms. The summed E-state index contributed by atoms with van der Waals surface area (Å²) in [6.45, 7) is 2.09. The van der Waals surface area contributed by atoms with E-state index in [4.69, 9.17) is 51.3 Å². The predicted octanol–water partition coefficient (Wildman–Crippen LogP) is 8.02. The van der Waals surface area contributed by atoms with Crippen LogP contribution in [0.25, 0.3) is 55.0 Å². The van der Waals surface area contributed by atoms with E-state index in [0.29, 0.717) is 34.1 Å². The number of esters is 1. The summed E-state index contributed by atoms with van der Waals surface area (Å²) < 4.78 is 21.9. The second-order valence-electron chi connectivity index (χ2n) is 10.9. The fourth-order valence-electron chi connectivity index (χ4n) is 5.48. The normalized spacial score (nSPS) is 10.1. The maximum absolute atomic E-state index is 11.1. The molecule has 0 aliphatic heterocycles. The van der Waals surface area contributed by atoms with Crippen LogP contribution in [0.2, 0.25) is 10.0 Å². The zero-order valence-electron chi connectivity index (χ0n) is 27.9. The summed E-state index contributed by atoms with van der Waals surface area (Å²) >= 11 is 15.1. The standard InChI is InChI=1S/C19H13ClO.C12H8BO3.C8H6BrClO2.CO2.HI/c1-12-9-10-13(20)11-17(12)16-7-4-6-15-14-5-2-3-8-18(14)21-19(15)16;14-13-16-11-7-3-5-9-8-4-1-2-6-10(8)15-12(9)11;1-12-8(11)6-3-2-5(10)4-7(6)9;2-1-3;/h2-11H,1H3;1-7,14H;2-4H,1H3;;1H/p-1. The van der Waals surface area contributed by atoms with Gasteiger partial charge in [-0.05, 0) is 82.5 Å². The van der Waals surface area contributed by atoms with Gasteiger partial charge in [-0.25, -0.2) is 4.79 Å². The van der Waals surface area contributed by atoms with Crippen molar-refractivity contribution in [1.82, 2.24) is 0 Å². The van der Waals surface area contributed by atoms with Crippen LogP contribution < -0.4 is 28.6 Å². The van der Waals surface area contributed by atoms with E-state index in [-0.39, 0.29) is 36.1 Å². The number of hydrogen-bond acceptors (Lipinski definition) is 8. The van der Waals surface area contributed by atoms with Crippen LogP contribution in [0.4, 0.5) is 0 Å². The summed E-state index contributed by atoms with van der Waals surface area (Å²) in [6, 6.07) is 38.6. The van der Waals surface area contributed by atoms with Crippen molar-refractivity contribution in [2.45, 2.75) is 6.92 Å². The van der Waals surface area contributed by atoms with Crippen molar-refractivity contribution in [1.29, 1.82) is 0 Å². The van der Waals surface area contributed by atoms with Crippen molar-refractivity contribution < 1.29 is 61.6 Å². The number of carbonyl (C=O) groups excluding carboxylic acids is 3. The molecule has 53 heavy (non-hydrogen) atoms. The van der Waals surface area contributed by atoms with Crippen LogP contribution in [-0.4, -0.2) is 31.9 Å². The van der Waals surface area contributed by atoms with Crippen LogP contribution in [0, 0.1) is 6.92 Å². The van der Waals surface area contributed by atoms with Gasteiger partial charge < -0.3 is 47.2 Å². The molecule has 1 radical (unpaired) electrons. The number of ether oxygens (including phenoxy) is 1. The number of rotatable bonds is 4. The molecule has 0 bridgehead atoms. The van der Waals surface area contributed by atoms with Gasteiger partial charge in [0.1, 0.15) is 22.5 Å². The molecule has 0 aliphatic rings. The molecule has 8 rings (SSSR count). The highest BCUT2D eigenvalue weighted by atomic mass is 127. The number of fused-ring (bicyclic) bond motifs is 6. The van der Waals surface area contributed by atoms with Crippen molar-refractivity contribution in [2.75, 3.05) is 7.11 Å². The van der Waals surface area contributed by atoms with E-state index in [1.54, 1.807) is 24.3 Å². The molecule has 0 unspecified atom stereocenters. The zero-order chi connectivity index (χ0) is 37.2. The van der Waals surface area contributed by atoms with Gasteiger partial charge in [-0.15, -0.1) is 0 Å². The summed E-state index contributed by atoms with van der Waals surface area (Å²) in [5.41, 5.74) is 7.16. The zero-order valence-corrected chi connectivity index (χ0v) is 33.2. The highest BCUT2D eigenvalue weighted by Gasteiger charge is 2.14. The van der Waals surface area contributed by atoms with E-state index in [0.717, 1.165) is 54.4 Å². The molecule has 2 heterocycles. The first-order valence-electron chi connectivity index (χ1n) is 15.4. The van der Waals surface area contributed by atoms with Gasteiger partial charge in [-0.2, -0.15) is 9.59 Å². The first-order chi connectivity index (χ1) is 25.2. The molecular weight excluding hydrogens is 897 g/mol. The lowest BCUT2D eigenvalue weighted by atomic mass is 9.98. The van der Waals surface area contributed by atoms with Crippen LogP contribution in [-0.2, 0) is 14.3 Å². The van der Waals surface area contributed by atoms with Crippen LogP contribution in [0.5, 0.6) is 5.75 Å². The molecule has 1 N–H and O–H groups in total. The van der Waals surface area contributed by atoms with E-state index in [9.17, 15) is 4.79 Å². The lowest BCUT2D eigenvalue weighted by molar-refractivity contribution is -0.191. The van der Waals surface area contributed by atoms with Crippen molar-refractivity contribution in [2.24, 2.45) is 0 Å². The minimum Gasteiger partial charge on any atom is -1.00 e. The van der Waals surface area contributed by atoms with E-state index in [2.05, 4.69) is 51.9 Å². The number of benzene rings is 6. The van der Waals surface area contributed by atoms with E-state index < -0.39 is 0 Å². The monoisotopic (exact) mass is 922 g/mol. The Bertz CT molecular complexity index is 2550. The molecule has 2 aromatic heterocycles. The molecule has 0 saturated heterocycles. The van der Waals surface area contributed by atoms with Gasteiger partial charge in [0.15, 0.2) is 5.58 Å². The smallest absolute Gasteiger partial charge is 0.569 e. The summed E-state index contributed by atoms with van der Waals surface area (Å²) in [6.07, 6.45) is 0.250. The van der Waals surface area contributed by atoms with Gasteiger partial charge in [0.25, 0.3) is 0 Å². The van der Waals surface area contributed by atoms with Crippen molar-refractivity contribution >= 4 is 103 Å². The Balaban J connectivity index is 0.000000176. The average Bonchev–Trinajstić information content (AvgIpc) is 3.73.